The number of benzene rings is 2. The predicted molar refractivity (Wildman–Crippen MR) is 103 cm³/mol. The molecule has 1 N–H and O–H groups in total. The molecule has 0 radical (unpaired) electrons. The van der Waals surface area contributed by atoms with E-state index in [2.05, 4.69) is 69.3 Å². The van der Waals surface area contributed by atoms with Crippen LogP contribution in [0.15, 0.2) is 60.7 Å². The van der Waals surface area contributed by atoms with Gasteiger partial charge < -0.3 is 0 Å². The van der Waals surface area contributed by atoms with E-state index in [1.807, 2.05) is 26.0 Å². The van der Waals surface area contributed by atoms with Crippen molar-refractivity contribution in [2.45, 2.75) is 51.4 Å². The molecule has 2 aromatic carbocycles. The molecule has 1 aliphatic heterocycles. The summed E-state index contributed by atoms with van der Waals surface area (Å²) >= 11 is 3.18. The summed E-state index contributed by atoms with van der Waals surface area (Å²) in [6.45, 7) is 5.72. The molecule has 1 fully saturated rings. The third kappa shape index (κ3) is 6.09. The third-order valence-corrected chi connectivity index (χ3v) is 5.29. The first-order valence-electron chi connectivity index (χ1n) is 9.28. The average Bonchev–Trinajstić information content (AvgIpc) is 3.03. The zero-order chi connectivity index (χ0) is 19.3. The molecule has 4 nitrogen and oxygen atoms in total. The Bertz CT molecular complexity index is 694. The second kappa shape index (κ2) is 9.25. The zero-order valence-corrected chi connectivity index (χ0v) is 17.2. The quantitative estimate of drug-likeness (QED) is 0.732. The first-order valence-corrected chi connectivity index (χ1v) is 9.92. The molecule has 0 aromatic heterocycles. The topological polar surface area (TPSA) is 41.9 Å². The van der Waals surface area contributed by atoms with Crippen molar-refractivity contribution in [1.82, 2.24) is 4.90 Å². The van der Waals surface area contributed by atoms with Gasteiger partial charge in [-0.1, -0.05) is 0 Å². The van der Waals surface area contributed by atoms with Gasteiger partial charge in [-0.05, 0) is 0 Å². The Morgan fingerprint density at radius 1 is 1.07 bits per heavy atom. The second-order valence-electron chi connectivity index (χ2n) is 7.36. The first kappa shape index (κ1) is 20.4. The Morgan fingerprint density at radius 2 is 1.59 bits per heavy atom. The molecule has 27 heavy (non-hydrogen) atoms. The minimum atomic E-state index is -0.628. The molecule has 0 aliphatic carbocycles. The van der Waals surface area contributed by atoms with Gasteiger partial charge in [0.25, 0.3) is 0 Å². The van der Waals surface area contributed by atoms with Gasteiger partial charge in [-0.15, -0.1) is 0 Å². The van der Waals surface area contributed by atoms with Gasteiger partial charge >= 0.3 is 170 Å². The van der Waals surface area contributed by atoms with Crippen molar-refractivity contribution in [1.29, 1.82) is 0 Å². The fourth-order valence-corrected chi connectivity index (χ4v) is 3.65. The van der Waals surface area contributed by atoms with Crippen molar-refractivity contribution in [3.8, 4) is 0 Å². The molecule has 0 amide bonds. The Morgan fingerprint density at radius 3 is 2.04 bits per heavy atom. The molecule has 1 heterocycles. The summed E-state index contributed by atoms with van der Waals surface area (Å²) in [7, 11) is 0. The molecule has 2 atom stereocenters. The number of rotatable bonds is 8. The molecule has 0 spiro atoms. The number of aliphatic hydroxyl groups is 1. The fraction of sp³-hybridized carbons (Fsp3) is 0.409. The number of ether oxygens (including phenoxy) is 2. The van der Waals surface area contributed by atoms with Gasteiger partial charge in [0.2, 0.25) is 0 Å². The molecule has 2 aromatic rings. The Labute approximate surface area is 169 Å². The van der Waals surface area contributed by atoms with E-state index in [1.54, 1.807) is 0 Å². The normalized spacial score (nSPS) is 19.9. The van der Waals surface area contributed by atoms with Crippen molar-refractivity contribution in [2.75, 3.05) is 6.61 Å². The summed E-state index contributed by atoms with van der Waals surface area (Å²) in [4.78, 5) is 2.27. The van der Waals surface area contributed by atoms with Crippen LogP contribution in [-0.2, 0) is 38.4 Å². The van der Waals surface area contributed by atoms with Gasteiger partial charge in [0.05, 0.1) is 0 Å². The molecule has 0 bridgehead atoms. The van der Waals surface area contributed by atoms with Crippen LogP contribution in [0.4, 0.5) is 0 Å². The van der Waals surface area contributed by atoms with Crippen molar-refractivity contribution in [3.05, 3.63) is 71.8 Å². The van der Waals surface area contributed by atoms with E-state index in [-0.39, 0.29) is 6.10 Å². The minimum absolute atomic E-state index is 0.307. The van der Waals surface area contributed by atoms with Gasteiger partial charge in [-0.25, -0.2) is 0 Å². The molecule has 0 saturated carbocycles. The van der Waals surface area contributed by atoms with Gasteiger partial charge in [-0.3, -0.25) is 0 Å². The van der Waals surface area contributed by atoms with E-state index < -0.39 is 11.9 Å². The van der Waals surface area contributed by atoms with Crippen LogP contribution in [0, 0.1) is 0 Å². The van der Waals surface area contributed by atoms with Crippen molar-refractivity contribution in [2.24, 2.45) is 0 Å². The molecule has 1 unspecified atom stereocenters. The van der Waals surface area contributed by atoms with Gasteiger partial charge in [0.15, 0.2) is 0 Å². The summed E-state index contributed by atoms with van der Waals surface area (Å²) in [5.74, 6) is -0.628. The Kier molecular flexibility index (Phi) is 7.00. The van der Waals surface area contributed by atoms with Gasteiger partial charge in [0, 0.05) is 0 Å². The molecular formula is C22H27CrNO3. The van der Waals surface area contributed by atoms with Crippen LogP contribution in [0.2, 0.25) is 0 Å². The van der Waals surface area contributed by atoms with Crippen LogP contribution in [-0.4, -0.2) is 39.1 Å². The van der Waals surface area contributed by atoms with Crippen LogP contribution in [0.3, 0.4) is 0 Å². The maximum absolute atomic E-state index is 10.7. The maximum atomic E-state index is 10.7. The molecule has 1 saturated heterocycles. The monoisotopic (exact) mass is 405 g/mol. The summed E-state index contributed by atoms with van der Waals surface area (Å²) < 4.78 is 12.4. The molecule has 144 valence electrons. The number of hydrogen-bond acceptors (Lipinski definition) is 4. The summed E-state index contributed by atoms with van der Waals surface area (Å²) in [5.41, 5.74) is 2.47. The van der Waals surface area contributed by atoms with E-state index in [0.717, 1.165) is 17.6 Å². The average molecular weight is 405 g/mol. The van der Waals surface area contributed by atoms with Crippen LogP contribution >= 0.6 is 0 Å². The van der Waals surface area contributed by atoms with Crippen LogP contribution < -0.4 is 0 Å². The number of hydrogen-bond donors (Lipinski definition) is 1. The SMILES string of the molecule is CC1(C)OC[C@H](C(O)C[C](=[Cr])N(Cc2ccccc2)Cc2ccccc2)O1. The molecule has 1 aliphatic rings. The molecule has 3 rings (SSSR count). The second-order valence-corrected chi connectivity index (χ2v) is 8.10. The van der Waals surface area contributed by atoms with Crippen molar-refractivity contribution in [3.63, 3.8) is 0 Å². The predicted octanol–water partition coefficient (Wildman–Crippen LogP) is 3.27. The van der Waals surface area contributed by atoms with E-state index in [9.17, 15) is 5.11 Å². The van der Waals surface area contributed by atoms with Gasteiger partial charge in [0.1, 0.15) is 0 Å². The standard InChI is InChI=1S/C22H27NO3.Cr/c1-22(2)25-17-21(26-22)20(24)13-14-23(15-18-9-5-3-6-10-18)16-19-11-7-4-8-12-19;/h3-12,20-21,24H,13,15-17H2,1-2H3;/t20?,21-;/m1./s1. The first-order chi connectivity index (χ1) is 12.9. The van der Waals surface area contributed by atoms with E-state index in [4.69, 9.17) is 9.47 Å². The molecular weight excluding hydrogens is 378 g/mol. The van der Waals surface area contributed by atoms with Crippen molar-refractivity contribution >= 4 is 4.50 Å². The van der Waals surface area contributed by atoms with Crippen molar-refractivity contribution < 1.29 is 30.4 Å². The van der Waals surface area contributed by atoms with Gasteiger partial charge in [-0.2, -0.15) is 0 Å². The number of nitrogens with zero attached hydrogens (tertiary/aromatic N) is 1. The Balaban J connectivity index is 1.68. The fourth-order valence-electron chi connectivity index (χ4n) is 3.18. The molecule has 5 heteroatoms. The van der Waals surface area contributed by atoms with E-state index in [0.29, 0.717) is 13.0 Å². The zero-order valence-electron chi connectivity index (χ0n) is 15.9. The van der Waals surface area contributed by atoms with Crippen LogP contribution in [0.25, 0.3) is 0 Å². The number of aliphatic hydroxyl groups excluding tert-OH is 1. The summed E-state index contributed by atoms with van der Waals surface area (Å²) in [6.07, 6.45) is -0.417. The summed E-state index contributed by atoms with van der Waals surface area (Å²) in [6, 6.07) is 20.7. The third-order valence-electron chi connectivity index (χ3n) is 4.63. The van der Waals surface area contributed by atoms with E-state index in [1.165, 1.54) is 11.1 Å². The van der Waals surface area contributed by atoms with Crippen LogP contribution in [0.5, 0.6) is 0 Å². The summed E-state index contributed by atoms with van der Waals surface area (Å²) in [5, 5.41) is 10.7. The Hall–Kier alpha value is -1.32. The van der Waals surface area contributed by atoms with Crippen LogP contribution in [0.1, 0.15) is 31.4 Å². The van der Waals surface area contributed by atoms with E-state index >= 15 is 0 Å².